The minimum Gasteiger partial charge on any atom is -0.436 e. The lowest BCUT2D eigenvalue weighted by Gasteiger charge is -2.32. The minimum absolute atomic E-state index is 0.0643. The molecule has 0 atom stereocenters. The number of benzene rings is 1. The van der Waals surface area contributed by atoms with Gasteiger partial charge in [0.15, 0.2) is 5.82 Å². The van der Waals surface area contributed by atoms with Gasteiger partial charge in [0.2, 0.25) is 5.91 Å². The van der Waals surface area contributed by atoms with Crippen LogP contribution < -0.4 is 15.0 Å². The smallest absolute Gasteiger partial charge is 0.263 e. The Morgan fingerprint density at radius 2 is 2.03 bits per heavy atom. The van der Waals surface area contributed by atoms with Gasteiger partial charge in [0, 0.05) is 37.9 Å². The Bertz CT molecular complexity index is 919. The quantitative estimate of drug-likeness (QED) is 0.652. The topological polar surface area (TPSA) is 67.4 Å². The molecule has 2 heterocycles. The van der Waals surface area contributed by atoms with Crippen LogP contribution in [0.15, 0.2) is 48.3 Å². The van der Waals surface area contributed by atoms with Crippen LogP contribution in [0.1, 0.15) is 50.5 Å². The molecule has 4 rings (SSSR count). The van der Waals surface area contributed by atoms with Gasteiger partial charge in [-0.15, -0.1) is 0 Å². The second-order valence-corrected chi connectivity index (χ2v) is 8.51. The van der Waals surface area contributed by atoms with E-state index in [1.807, 2.05) is 31.2 Å². The Morgan fingerprint density at radius 1 is 1.19 bits per heavy atom. The molecule has 0 radical (unpaired) electrons. The molecule has 6 heteroatoms. The summed E-state index contributed by atoms with van der Waals surface area (Å²) >= 11 is 0. The van der Waals surface area contributed by atoms with Gasteiger partial charge in [-0.2, -0.15) is 0 Å². The molecule has 1 amide bonds. The summed E-state index contributed by atoms with van der Waals surface area (Å²) in [5, 5.41) is 3.15. The number of nitrogens with zero attached hydrogens (tertiary/aromatic N) is 3. The number of piperidine rings is 1. The molecule has 6 nitrogen and oxygen atoms in total. The van der Waals surface area contributed by atoms with Gasteiger partial charge in [-0.25, -0.2) is 9.97 Å². The lowest BCUT2D eigenvalue weighted by atomic mass is 9.95. The molecule has 1 saturated heterocycles. The number of hydrogen-bond donors (Lipinski definition) is 1. The van der Waals surface area contributed by atoms with E-state index in [9.17, 15) is 4.79 Å². The summed E-state index contributed by atoms with van der Waals surface area (Å²) < 4.78 is 6.03. The molecular formula is C25H32N4O2. The van der Waals surface area contributed by atoms with Crippen molar-refractivity contribution in [1.29, 1.82) is 0 Å². The average molecular weight is 421 g/mol. The first kappa shape index (κ1) is 21.3. The number of aryl methyl sites for hydroxylation is 1. The van der Waals surface area contributed by atoms with Crippen molar-refractivity contribution < 1.29 is 9.53 Å². The molecule has 1 aromatic heterocycles. The molecule has 0 unspecified atom stereocenters. The lowest BCUT2D eigenvalue weighted by Crippen LogP contribution is -2.41. The van der Waals surface area contributed by atoms with Crippen molar-refractivity contribution in [3.8, 4) is 11.6 Å². The zero-order chi connectivity index (χ0) is 21.5. The first-order valence-electron chi connectivity index (χ1n) is 11.4. The molecule has 2 aromatic rings. The fraction of sp³-hybridized carbons (Fsp3) is 0.480. The second-order valence-electron chi connectivity index (χ2n) is 8.51. The number of amides is 1. The van der Waals surface area contributed by atoms with Crippen LogP contribution in [-0.4, -0.2) is 35.5 Å². The molecule has 1 aliphatic heterocycles. The third-order valence-electron chi connectivity index (χ3n) is 6.15. The largest absolute Gasteiger partial charge is 0.436 e. The summed E-state index contributed by atoms with van der Waals surface area (Å²) in [4.78, 5) is 23.7. The molecule has 1 fully saturated rings. The number of anilines is 1. The number of allylic oxidation sites excluding steroid dienone is 1. The minimum atomic E-state index is 0.0643. The number of aromatic nitrogens is 2. The van der Waals surface area contributed by atoms with Gasteiger partial charge in [0.25, 0.3) is 5.88 Å². The zero-order valence-electron chi connectivity index (χ0n) is 18.3. The van der Waals surface area contributed by atoms with E-state index < -0.39 is 0 Å². The number of hydrogen-bond acceptors (Lipinski definition) is 5. The standard InChI is InChI=1S/C25H32N4O2/c1-19-6-5-9-22(18-19)31-25-23(26-14-15-28-25)29-16-11-21(12-17-29)24(30)27-13-10-20-7-3-2-4-8-20/h5-7,9,14-15,18,21H,2-4,8,10-13,16-17H2,1H3,(H,27,30). The Labute approximate surface area is 184 Å². The van der Waals surface area contributed by atoms with E-state index in [-0.39, 0.29) is 11.8 Å². The van der Waals surface area contributed by atoms with E-state index in [1.54, 1.807) is 12.4 Å². The average Bonchev–Trinajstić information content (AvgIpc) is 2.80. The highest BCUT2D eigenvalue weighted by Crippen LogP contribution is 2.31. The van der Waals surface area contributed by atoms with Gasteiger partial charge in [0.05, 0.1) is 0 Å². The van der Waals surface area contributed by atoms with Gasteiger partial charge >= 0.3 is 0 Å². The van der Waals surface area contributed by atoms with E-state index in [4.69, 9.17) is 4.74 Å². The van der Waals surface area contributed by atoms with Crippen LogP contribution in [-0.2, 0) is 4.79 Å². The van der Waals surface area contributed by atoms with E-state index in [0.717, 1.165) is 56.0 Å². The summed E-state index contributed by atoms with van der Waals surface area (Å²) in [6.45, 7) is 4.33. The monoisotopic (exact) mass is 420 g/mol. The van der Waals surface area contributed by atoms with Gasteiger partial charge in [-0.05, 0) is 69.6 Å². The van der Waals surface area contributed by atoms with Crippen LogP contribution in [0.2, 0.25) is 0 Å². The van der Waals surface area contributed by atoms with Crippen LogP contribution in [0.25, 0.3) is 0 Å². The van der Waals surface area contributed by atoms with Crippen molar-refractivity contribution in [2.24, 2.45) is 5.92 Å². The van der Waals surface area contributed by atoms with Gasteiger partial charge in [0.1, 0.15) is 5.75 Å². The summed E-state index contributed by atoms with van der Waals surface area (Å²) in [6.07, 6.45) is 13.3. The van der Waals surface area contributed by atoms with E-state index in [0.29, 0.717) is 5.88 Å². The van der Waals surface area contributed by atoms with Crippen LogP contribution in [0.4, 0.5) is 5.82 Å². The van der Waals surface area contributed by atoms with E-state index >= 15 is 0 Å². The maximum Gasteiger partial charge on any atom is 0.263 e. The van der Waals surface area contributed by atoms with Gasteiger partial charge < -0.3 is 15.0 Å². The van der Waals surface area contributed by atoms with Crippen molar-refractivity contribution in [2.75, 3.05) is 24.5 Å². The van der Waals surface area contributed by atoms with Crippen molar-refractivity contribution in [1.82, 2.24) is 15.3 Å². The number of nitrogens with one attached hydrogen (secondary N) is 1. The highest BCUT2D eigenvalue weighted by atomic mass is 16.5. The normalized spacial score (nSPS) is 17.2. The molecule has 2 aliphatic rings. The van der Waals surface area contributed by atoms with E-state index in [2.05, 4.69) is 26.3 Å². The summed E-state index contributed by atoms with van der Waals surface area (Å²) in [6, 6.07) is 7.91. The maximum atomic E-state index is 12.6. The van der Waals surface area contributed by atoms with Crippen LogP contribution in [0.5, 0.6) is 11.6 Å². The predicted octanol–water partition coefficient (Wildman–Crippen LogP) is 4.80. The van der Waals surface area contributed by atoms with Crippen molar-refractivity contribution in [3.63, 3.8) is 0 Å². The van der Waals surface area contributed by atoms with Crippen LogP contribution in [0, 0.1) is 12.8 Å². The van der Waals surface area contributed by atoms with Crippen LogP contribution >= 0.6 is 0 Å². The van der Waals surface area contributed by atoms with Gasteiger partial charge in [-0.1, -0.05) is 23.8 Å². The third kappa shape index (κ3) is 5.84. The number of ether oxygens (including phenoxy) is 1. The highest BCUT2D eigenvalue weighted by Gasteiger charge is 2.27. The molecule has 0 bridgehead atoms. The summed E-state index contributed by atoms with van der Waals surface area (Å²) in [5.74, 6) is 2.26. The van der Waals surface area contributed by atoms with Crippen molar-refractivity contribution in [3.05, 3.63) is 53.9 Å². The first-order chi connectivity index (χ1) is 15.2. The predicted molar refractivity (Wildman–Crippen MR) is 122 cm³/mol. The Balaban J connectivity index is 1.29. The number of carbonyl (C=O) groups is 1. The van der Waals surface area contributed by atoms with Gasteiger partial charge in [-0.3, -0.25) is 4.79 Å². The Kier molecular flexibility index (Phi) is 7.18. The van der Waals surface area contributed by atoms with Crippen molar-refractivity contribution in [2.45, 2.75) is 51.9 Å². The Hall–Kier alpha value is -2.89. The summed E-state index contributed by atoms with van der Waals surface area (Å²) in [7, 11) is 0. The molecule has 0 saturated carbocycles. The molecule has 1 aliphatic carbocycles. The molecule has 31 heavy (non-hydrogen) atoms. The molecule has 1 aromatic carbocycles. The Morgan fingerprint density at radius 3 is 2.81 bits per heavy atom. The zero-order valence-corrected chi connectivity index (χ0v) is 18.3. The molecule has 1 N–H and O–H groups in total. The lowest BCUT2D eigenvalue weighted by molar-refractivity contribution is -0.125. The number of rotatable bonds is 7. The molecule has 164 valence electrons. The molecular weight excluding hydrogens is 388 g/mol. The SMILES string of the molecule is Cc1cccc(Oc2nccnc2N2CCC(C(=O)NCCC3=CCCCC3)CC2)c1. The fourth-order valence-electron chi connectivity index (χ4n) is 4.37. The molecule has 0 spiro atoms. The van der Waals surface area contributed by atoms with Crippen molar-refractivity contribution >= 4 is 11.7 Å². The third-order valence-corrected chi connectivity index (χ3v) is 6.15. The number of carbonyl (C=O) groups excluding carboxylic acids is 1. The first-order valence-corrected chi connectivity index (χ1v) is 11.4. The van der Waals surface area contributed by atoms with E-state index in [1.165, 1.54) is 31.3 Å². The highest BCUT2D eigenvalue weighted by molar-refractivity contribution is 5.79. The maximum absolute atomic E-state index is 12.6. The summed E-state index contributed by atoms with van der Waals surface area (Å²) in [5.41, 5.74) is 2.64. The fourth-order valence-corrected chi connectivity index (χ4v) is 4.37. The second kappa shape index (κ2) is 10.4. The van der Waals surface area contributed by atoms with Crippen LogP contribution in [0.3, 0.4) is 0 Å².